The number of fused-ring (bicyclic) bond motifs is 1. The number of nitrogens with two attached hydrogens (primary N) is 1. The second-order valence-electron chi connectivity index (χ2n) is 4.41. The number of aryl methyl sites for hydroxylation is 1. The van der Waals surface area contributed by atoms with Crippen LogP contribution in [0.15, 0.2) is 35.9 Å². The normalized spacial score (nSPS) is 21.2. The highest BCUT2D eigenvalue weighted by molar-refractivity contribution is 5.35. The first-order chi connectivity index (χ1) is 7.31. The quantitative estimate of drug-likeness (QED) is 0.731. The lowest BCUT2D eigenvalue weighted by Crippen LogP contribution is -2.09. The molecular weight excluding hydrogens is 182 g/mol. The van der Waals surface area contributed by atoms with Gasteiger partial charge < -0.3 is 5.73 Å². The Bertz CT molecular complexity index is 365. The minimum Gasteiger partial charge on any atom is -0.327 e. The van der Waals surface area contributed by atoms with Gasteiger partial charge in [0.05, 0.1) is 0 Å². The first-order valence-electron chi connectivity index (χ1n) is 5.76. The van der Waals surface area contributed by atoms with Gasteiger partial charge in [-0.15, -0.1) is 0 Å². The summed E-state index contributed by atoms with van der Waals surface area (Å²) in [7, 11) is 0. The zero-order valence-electron chi connectivity index (χ0n) is 9.37. The lowest BCUT2D eigenvalue weighted by Gasteiger charge is -2.23. The summed E-state index contributed by atoms with van der Waals surface area (Å²) in [6.07, 6.45) is 6.16. The van der Waals surface area contributed by atoms with Crippen molar-refractivity contribution in [3.05, 3.63) is 47.0 Å². The summed E-state index contributed by atoms with van der Waals surface area (Å²) >= 11 is 0. The molecule has 0 aromatic heterocycles. The molecule has 1 heteroatoms. The van der Waals surface area contributed by atoms with Crippen LogP contribution in [0.4, 0.5) is 0 Å². The zero-order chi connectivity index (χ0) is 10.7. The Balaban J connectivity index is 2.30. The van der Waals surface area contributed by atoms with E-state index in [1.54, 1.807) is 0 Å². The second-order valence-corrected chi connectivity index (χ2v) is 4.41. The summed E-state index contributed by atoms with van der Waals surface area (Å²) in [5.74, 6) is 0.596. The van der Waals surface area contributed by atoms with E-state index in [4.69, 9.17) is 5.73 Å². The van der Waals surface area contributed by atoms with Crippen LogP contribution in [0.2, 0.25) is 0 Å². The molecule has 2 N–H and O–H groups in total. The van der Waals surface area contributed by atoms with Crippen LogP contribution in [0, 0.1) is 0 Å². The molecule has 0 radical (unpaired) electrons. The first-order valence-corrected chi connectivity index (χ1v) is 5.76. The van der Waals surface area contributed by atoms with Gasteiger partial charge in [0.1, 0.15) is 0 Å². The van der Waals surface area contributed by atoms with Gasteiger partial charge in [-0.25, -0.2) is 0 Å². The molecule has 0 heterocycles. The van der Waals surface area contributed by atoms with E-state index < -0.39 is 0 Å². The minimum atomic E-state index is 0.596. The van der Waals surface area contributed by atoms with E-state index in [2.05, 4.69) is 37.3 Å². The standard InChI is InChI=1S/C14H19N/c1-11(10-15)9-13-7-4-6-12-5-2-3-8-14(12)13/h2-3,5,8-9,13H,4,6-7,10,15H2,1H3/b11-9-. The SMILES string of the molecule is C/C(=C/C1CCCc2ccccc21)CN. The predicted octanol–water partition coefficient (Wildman–Crippen LogP) is 3.01. The van der Waals surface area contributed by atoms with Gasteiger partial charge in [-0.3, -0.25) is 0 Å². The number of hydrogen-bond acceptors (Lipinski definition) is 1. The Morgan fingerprint density at radius 1 is 1.47 bits per heavy atom. The van der Waals surface area contributed by atoms with Gasteiger partial charge >= 0.3 is 0 Å². The molecule has 1 nitrogen and oxygen atoms in total. The Kier molecular flexibility index (Phi) is 3.22. The Labute approximate surface area is 92.0 Å². The first kappa shape index (κ1) is 10.4. The maximum atomic E-state index is 5.64. The van der Waals surface area contributed by atoms with Crippen LogP contribution in [-0.4, -0.2) is 6.54 Å². The van der Waals surface area contributed by atoms with E-state index in [0.717, 1.165) is 0 Å². The lowest BCUT2D eigenvalue weighted by atomic mass is 9.82. The molecule has 1 atom stereocenters. The molecule has 1 aromatic rings. The van der Waals surface area contributed by atoms with Crippen LogP contribution >= 0.6 is 0 Å². The largest absolute Gasteiger partial charge is 0.327 e. The predicted molar refractivity (Wildman–Crippen MR) is 64.9 cm³/mol. The zero-order valence-corrected chi connectivity index (χ0v) is 9.37. The van der Waals surface area contributed by atoms with E-state index in [1.807, 2.05) is 0 Å². The third kappa shape index (κ3) is 2.29. The van der Waals surface area contributed by atoms with E-state index in [1.165, 1.54) is 36.0 Å². The van der Waals surface area contributed by atoms with Gasteiger partial charge in [0.15, 0.2) is 0 Å². The number of rotatable bonds is 2. The summed E-state index contributed by atoms with van der Waals surface area (Å²) in [5.41, 5.74) is 9.98. The summed E-state index contributed by atoms with van der Waals surface area (Å²) in [5, 5.41) is 0. The molecule has 1 aliphatic rings. The van der Waals surface area contributed by atoms with Gasteiger partial charge in [0.2, 0.25) is 0 Å². The monoisotopic (exact) mass is 201 g/mol. The Morgan fingerprint density at radius 2 is 2.27 bits per heavy atom. The average Bonchev–Trinajstić information content (AvgIpc) is 2.29. The molecular formula is C14H19N. The van der Waals surface area contributed by atoms with E-state index >= 15 is 0 Å². The van der Waals surface area contributed by atoms with Crippen molar-refractivity contribution >= 4 is 0 Å². The molecule has 0 saturated carbocycles. The highest BCUT2D eigenvalue weighted by Gasteiger charge is 2.17. The summed E-state index contributed by atoms with van der Waals surface area (Å²) in [4.78, 5) is 0. The molecule has 0 amide bonds. The molecule has 80 valence electrons. The molecule has 0 saturated heterocycles. The molecule has 0 spiro atoms. The van der Waals surface area contributed by atoms with E-state index in [-0.39, 0.29) is 0 Å². The van der Waals surface area contributed by atoms with Crippen LogP contribution in [0.25, 0.3) is 0 Å². The van der Waals surface area contributed by atoms with Crippen molar-refractivity contribution in [2.75, 3.05) is 6.54 Å². The van der Waals surface area contributed by atoms with Crippen LogP contribution < -0.4 is 5.73 Å². The Morgan fingerprint density at radius 3 is 3.07 bits per heavy atom. The average molecular weight is 201 g/mol. The smallest absolute Gasteiger partial charge is 0.0134 e. The van der Waals surface area contributed by atoms with E-state index in [9.17, 15) is 0 Å². The van der Waals surface area contributed by atoms with Gasteiger partial charge in [-0.1, -0.05) is 35.9 Å². The minimum absolute atomic E-state index is 0.596. The highest BCUT2D eigenvalue weighted by atomic mass is 14.5. The van der Waals surface area contributed by atoms with Crippen molar-refractivity contribution in [1.82, 2.24) is 0 Å². The van der Waals surface area contributed by atoms with Crippen molar-refractivity contribution in [3.8, 4) is 0 Å². The third-order valence-corrected chi connectivity index (χ3v) is 3.22. The second kappa shape index (κ2) is 4.63. The summed E-state index contributed by atoms with van der Waals surface area (Å²) in [6, 6.07) is 8.80. The summed E-state index contributed by atoms with van der Waals surface area (Å²) in [6.45, 7) is 2.80. The van der Waals surface area contributed by atoms with Gasteiger partial charge in [0, 0.05) is 12.5 Å². The van der Waals surface area contributed by atoms with Crippen molar-refractivity contribution < 1.29 is 0 Å². The van der Waals surface area contributed by atoms with Crippen molar-refractivity contribution in [1.29, 1.82) is 0 Å². The van der Waals surface area contributed by atoms with Crippen LogP contribution in [0.1, 0.15) is 36.8 Å². The maximum Gasteiger partial charge on any atom is 0.0134 e. The molecule has 0 fully saturated rings. The van der Waals surface area contributed by atoms with Crippen LogP contribution in [-0.2, 0) is 6.42 Å². The Hall–Kier alpha value is -1.08. The van der Waals surface area contributed by atoms with Crippen LogP contribution in [0.3, 0.4) is 0 Å². The van der Waals surface area contributed by atoms with Gasteiger partial charge in [0.25, 0.3) is 0 Å². The van der Waals surface area contributed by atoms with E-state index in [0.29, 0.717) is 12.5 Å². The highest BCUT2D eigenvalue weighted by Crippen LogP contribution is 2.32. The van der Waals surface area contributed by atoms with Gasteiger partial charge in [-0.05, 0) is 37.3 Å². The molecule has 2 rings (SSSR count). The molecule has 15 heavy (non-hydrogen) atoms. The molecule has 1 unspecified atom stereocenters. The molecule has 0 bridgehead atoms. The van der Waals surface area contributed by atoms with Crippen molar-refractivity contribution in [3.63, 3.8) is 0 Å². The maximum absolute atomic E-state index is 5.64. The fourth-order valence-electron chi connectivity index (χ4n) is 2.38. The van der Waals surface area contributed by atoms with Crippen molar-refractivity contribution in [2.45, 2.75) is 32.1 Å². The fourth-order valence-corrected chi connectivity index (χ4v) is 2.38. The van der Waals surface area contributed by atoms with Crippen molar-refractivity contribution in [2.24, 2.45) is 5.73 Å². The summed E-state index contributed by atoms with van der Waals surface area (Å²) < 4.78 is 0. The molecule has 0 aliphatic heterocycles. The number of allylic oxidation sites excluding steroid dienone is 1. The fraction of sp³-hybridized carbons (Fsp3) is 0.429. The molecule has 1 aromatic carbocycles. The third-order valence-electron chi connectivity index (χ3n) is 3.22. The van der Waals surface area contributed by atoms with Gasteiger partial charge in [-0.2, -0.15) is 0 Å². The molecule has 1 aliphatic carbocycles. The number of hydrogen-bond donors (Lipinski definition) is 1. The lowest BCUT2D eigenvalue weighted by molar-refractivity contribution is 0.626. The van der Waals surface area contributed by atoms with Crippen LogP contribution in [0.5, 0.6) is 0 Å². The topological polar surface area (TPSA) is 26.0 Å². The number of benzene rings is 1.